The Hall–Kier alpha value is -2.35. The third-order valence-corrected chi connectivity index (χ3v) is 7.65. The third-order valence-electron chi connectivity index (χ3n) is 5.27. The monoisotopic (exact) mass is 455 g/mol. The number of hydrogen-bond acceptors (Lipinski definition) is 5. The highest BCUT2D eigenvalue weighted by molar-refractivity contribution is 7.99. The largest absolute Gasteiger partial charge is 0.359 e. The van der Waals surface area contributed by atoms with Crippen LogP contribution in [0, 0.1) is 0 Å². The number of H-pyrrole nitrogens is 1. The van der Waals surface area contributed by atoms with E-state index in [2.05, 4.69) is 4.98 Å². The highest BCUT2D eigenvalue weighted by Gasteiger charge is 2.23. The molecule has 152 valence electrons. The molecule has 0 bridgehead atoms. The van der Waals surface area contributed by atoms with Gasteiger partial charge >= 0.3 is 0 Å². The summed E-state index contributed by atoms with van der Waals surface area (Å²) < 4.78 is 1.62. The molecule has 5 rings (SSSR count). The molecule has 0 amide bonds. The van der Waals surface area contributed by atoms with E-state index in [4.69, 9.17) is 16.6 Å². The summed E-state index contributed by atoms with van der Waals surface area (Å²) in [6.45, 7) is 0. The molecule has 0 radical (unpaired) electrons. The summed E-state index contributed by atoms with van der Waals surface area (Å²) in [4.78, 5) is 35.9. The number of benzene rings is 1. The van der Waals surface area contributed by atoms with Crippen LogP contribution in [0.3, 0.4) is 0 Å². The second kappa shape index (κ2) is 8.06. The quantitative estimate of drug-likeness (QED) is 0.252. The molecule has 3 aromatic heterocycles. The number of aryl methyl sites for hydroxylation is 2. The fourth-order valence-corrected chi connectivity index (χ4v) is 6.14. The number of aromatic nitrogens is 3. The summed E-state index contributed by atoms with van der Waals surface area (Å²) in [5.41, 5.74) is 2.33. The Bertz CT molecular complexity index is 1290. The van der Waals surface area contributed by atoms with Gasteiger partial charge in [-0.25, -0.2) is 4.98 Å². The highest BCUT2D eigenvalue weighted by atomic mass is 35.5. The number of Topliss-reactive ketones (excluding diaryl/α,β-unsaturated/α-hetero) is 1. The number of thiophene rings is 1. The first-order chi connectivity index (χ1) is 14.6. The van der Waals surface area contributed by atoms with Crippen molar-refractivity contribution < 1.29 is 4.79 Å². The van der Waals surface area contributed by atoms with Crippen LogP contribution < -0.4 is 5.56 Å². The van der Waals surface area contributed by atoms with Gasteiger partial charge < -0.3 is 4.98 Å². The number of hydrogen-bond donors (Lipinski definition) is 1. The third kappa shape index (κ3) is 3.51. The van der Waals surface area contributed by atoms with Gasteiger partial charge in [0.1, 0.15) is 4.83 Å². The van der Waals surface area contributed by atoms with E-state index >= 15 is 0 Å². The number of nitrogens with one attached hydrogen (secondary N) is 1. The molecular weight excluding hydrogens is 438 g/mol. The number of carbonyl (C=O) groups excluding carboxylic acids is 1. The molecule has 1 aliphatic rings. The first-order valence-corrected chi connectivity index (χ1v) is 11.9. The van der Waals surface area contributed by atoms with E-state index in [0.29, 0.717) is 21.6 Å². The fourth-order valence-electron chi connectivity index (χ4n) is 3.81. The van der Waals surface area contributed by atoms with Crippen molar-refractivity contribution in [3.63, 3.8) is 0 Å². The number of ketones is 1. The summed E-state index contributed by atoms with van der Waals surface area (Å²) in [7, 11) is 0. The number of thioether (sulfide) groups is 1. The lowest BCUT2D eigenvalue weighted by Gasteiger charge is -2.13. The number of nitrogens with zero attached hydrogens (tertiary/aromatic N) is 2. The van der Waals surface area contributed by atoms with E-state index in [0.717, 1.165) is 41.5 Å². The minimum atomic E-state index is -0.0726. The summed E-state index contributed by atoms with van der Waals surface area (Å²) in [5, 5.41) is 1.85. The van der Waals surface area contributed by atoms with Crippen molar-refractivity contribution in [1.82, 2.24) is 14.5 Å². The number of fused-ring (bicyclic) bond motifs is 3. The van der Waals surface area contributed by atoms with Crippen molar-refractivity contribution in [2.75, 3.05) is 5.75 Å². The average molecular weight is 456 g/mol. The van der Waals surface area contributed by atoms with Crippen molar-refractivity contribution in [2.24, 2.45) is 0 Å². The molecule has 1 N–H and O–H groups in total. The van der Waals surface area contributed by atoms with Crippen LogP contribution in [0.25, 0.3) is 15.9 Å². The van der Waals surface area contributed by atoms with Gasteiger partial charge in [-0.2, -0.15) is 0 Å². The first kappa shape index (κ1) is 19.6. The van der Waals surface area contributed by atoms with E-state index in [1.807, 2.05) is 12.1 Å². The lowest BCUT2D eigenvalue weighted by Crippen LogP contribution is -2.22. The van der Waals surface area contributed by atoms with Gasteiger partial charge in [0.15, 0.2) is 10.9 Å². The van der Waals surface area contributed by atoms with E-state index in [9.17, 15) is 9.59 Å². The highest BCUT2D eigenvalue weighted by Crippen LogP contribution is 2.35. The Morgan fingerprint density at radius 1 is 1.20 bits per heavy atom. The smallest absolute Gasteiger partial charge is 0.267 e. The van der Waals surface area contributed by atoms with Crippen LogP contribution in [0.5, 0.6) is 0 Å². The maximum absolute atomic E-state index is 13.6. The molecule has 3 heterocycles. The van der Waals surface area contributed by atoms with Crippen LogP contribution in [-0.4, -0.2) is 26.1 Å². The fraction of sp³-hybridized carbons (Fsp3) is 0.227. The molecule has 8 heteroatoms. The van der Waals surface area contributed by atoms with Gasteiger partial charge in [0.25, 0.3) is 5.56 Å². The van der Waals surface area contributed by atoms with Gasteiger partial charge in [0, 0.05) is 16.1 Å². The molecule has 0 fully saturated rings. The van der Waals surface area contributed by atoms with Crippen LogP contribution in [-0.2, 0) is 12.8 Å². The number of rotatable bonds is 5. The van der Waals surface area contributed by atoms with Crippen LogP contribution in [0.2, 0.25) is 5.02 Å². The molecule has 0 atom stereocenters. The maximum atomic E-state index is 13.6. The molecule has 0 saturated heterocycles. The maximum Gasteiger partial charge on any atom is 0.267 e. The minimum absolute atomic E-state index is 0.0347. The Kier molecular flexibility index (Phi) is 5.26. The Morgan fingerprint density at radius 2 is 2.00 bits per heavy atom. The van der Waals surface area contributed by atoms with E-state index < -0.39 is 0 Å². The minimum Gasteiger partial charge on any atom is -0.359 e. The van der Waals surface area contributed by atoms with E-state index in [-0.39, 0.29) is 17.1 Å². The summed E-state index contributed by atoms with van der Waals surface area (Å²) in [5.74, 6) is 0.157. The molecule has 4 aromatic rings. The van der Waals surface area contributed by atoms with Gasteiger partial charge in [0.2, 0.25) is 0 Å². The molecule has 1 aromatic carbocycles. The lowest BCUT2D eigenvalue weighted by molar-refractivity contribution is 0.101. The molecule has 0 aliphatic heterocycles. The first-order valence-electron chi connectivity index (χ1n) is 9.74. The zero-order chi connectivity index (χ0) is 20.7. The Morgan fingerprint density at radius 3 is 2.77 bits per heavy atom. The molecule has 5 nitrogen and oxygen atoms in total. The average Bonchev–Trinajstić information content (AvgIpc) is 3.41. The van der Waals surface area contributed by atoms with Crippen LogP contribution in [0.4, 0.5) is 0 Å². The van der Waals surface area contributed by atoms with Crippen molar-refractivity contribution in [2.45, 2.75) is 30.8 Å². The number of aromatic amines is 1. The van der Waals surface area contributed by atoms with Crippen molar-refractivity contribution in [3.05, 3.63) is 74.1 Å². The zero-order valence-electron chi connectivity index (χ0n) is 16.0. The van der Waals surface area contributed by atoms with Crippen LogP contribution in [0.1, 0.15) is 33.8 Å². The van der Waals surface area contributed by atoms with Crippen molar-refractivity contribution in [1.29, 1.82) is 0 Å². The van der Waals surface area contributed by atoms with Crippen molar-refractivity contribution >= 4 is 50.7 Å². The summed E-state index contributed by atoms with van der Waals surface area (Å²) in [6.07, 6.45) is 5.90. The van der Waals surface area contributed by atoms with Crippen LogP contribution >= 0.6 is 34.7 Å². The van der Waals surface area contributed by atoms with E-state index in [1.165, 1.54) is 16.6 Å². The molecule has 0 saturated carbocycles. The van der Waals surface area contributed by atoms with Gasteiger partial charge in [-0.15, -0.1) is 11.3 Å². The number of carbonyl (C=O) groups is 1. The van der Waals surface area contributed by atoms with E-state index in [1.54, 1.807) is 46.4 Å². The van der Waals surface area contributed by atoms with Gasteiger partial charge in [-0.1, -0.05) is 23.4 Å². The van der Waals surface area contributed by atoms with Gasteiger partial charge in [-0.3, -0.25) is 14.2 Å². The topological polar surface area (TPSA) is 67.8 Å². The van der Waals surface area contributed by atoms with Crippen LogP contribution in [0.15, 0.2) is 52.5 Å². The predicted octanol–water partition coefficient (Wildman–Crippen LogP) is 5.28. The lowest BCUT2D eigenvalue weighted by atomic mass is 9.97. The zero-order valence-corrected chi connectivity index (χ0v) is 18.4. The predicted molar refractivity (Wildman–Crippen MR) is 123 cm³/mol. The second-order valence-electron chi connectivity index (χ2n) is 7.20. The van der Waals surface area contributed by atoms with Crippen molar-refractivity contribution in [3.8, 4) is 5.69 Å². The molecule has 0 unspecified atom stereocenters. The Labute approximate surface area is 186 Å². The second-order valence-corrected chi connectivity index (χ2v) is 9.66. The molecule has 1 aliphatic carbocycles. The van der Waals surface area contributed by atoms with Gasteiger partial charge in [0.05, 0.1) is 22.5 Å². The SMILES string of the molecule is O=C(CSc1nc2sc3c(c2c(=O)n1-c1ccc(Cl)cc1)CCCC3)c1ccc[nH]1. The Balaban J connectivity index is 1.64. The summed E-state index contributed by atoms with van der Waals surface area (Å²) in [6, 6.07) is 10.7. The van der Waals surface area contributed by atoms with Gasteiger partial charge in [-0.05, 0) is 67.6 Å². The summed E-state index contributed by atoms with van der Waals surface area (Å²) >= 11 is 8.96. The molecule has 30 heavy (non-hydrogen) atoms. The standard InChI is InChI=1S/C22H18ClN3O2S2/c23-13-7-9-14(10-8-13)26-21(28)19-15-4-1-2-6-18(15)30-20(19)25-22(26)29-12-17(27)16-5-3-11-24-16/h3,5,7-11,24H,1-2,4,6,12H2. The molecule has 0 spiro atoms. The molecular formula is C22H18ClN3O2S2. The number of halogens is 1. The normalized spacial score (nSPS) is 13.5.